The number of amides is 1. The minimum atomic E-state index is -0.772. The van der Waals surface area contributed by atoms with Crippen LogP contribution in [-0.2, 0) is 11.2 Å². The molecular formula is C39H28N16O6. The number of hydrogen-bond acceptors (Lipinski definition) is 19. The summed E-state index contributed by atoms with van der Waals surface area (Å²) in [7, 11) is 0. The summed E-state index contributed by atoms with van der Waals surface area (Å²) < 4.78 is 19.2. The summed E-state index contributed by atoms with van der Waals surface area (Å²) in [5.41, 5.74) is 16.0. The van der Waals surface area contributed by atoms with Crippen molar-refractivity contribution in [3.8, 4) is 11.3 Å². The lowest BCUT2D eigenvalue weighted by atomic mass is 10.1. The molecule has 0 radical (unpaired) electrons. The molecule has 6 aromatic heterocycles. The van der Waals surface area contributed by atoms with E-state index < -0.39 is 5.91 Å². The lowest BCUT2D eigenvalue weighted by Gasteiger charge is -2.08. The number of hydrogen-bond donors (Lipinski definition) is 4. The Hall–Kier alpha value is -9.08. The highest BCUT2D eigenvalue weighted by atomic mass is 16.6. The van der Waals surface area contributed by atoms with Crippen LogP contribution in [0.15, 0.2) is 120 Å². The van der Waals surface area contributed by atoms with Crippen LogP contribution >= 0.6 is 0 Å². The van der Waals surface area contributed by atoms with Gasteiger partial charge in [-0.2, -0.15) is 10.2 Å². The summed E-state index contributed by atoms with van der Waals surface area (Å²) in [5.74, 6) is -0.879. The Morgan fingerprint density at radius 1 is 0.869 bits per heavy atom. The van der Waals surface area contributed by atoms with Gasteiger partial charge in [0, 0.05) is 28.3 Å². The van der Waals surface area contributed by atoms with Crippen LogP contribution in [0.5, 0.6) is 0 Å². The van der Waals surface area contributed by atoms with Crippen molar-refractivity contribution < 1.29 is 28.1 Å². The van der Waals surface area contributed by atoms with Crippen LogP contribution in [0.4, 0.5) is 17.3 Å². The summed E-state index contributed by atoms with van der Waals surface area (Å²) in [5, 5.41) is 37.8. The van der Waals surface area contributed by atoms with Gasteiger partial charge in [0.2, 0.25) is 22.8 Å². The predicted octanol–water partition coefficient (Wildman–Crippen LogP) is 6.36. The molecule has 0 saturated carbocycles. The molecule has 0 aliphatic rings. The van der Waals surface area contributed by atoms with Gasteiger partial charge in [-0.05, 0) is 45.2 Å². The molecule has 0 bridgehead atoms. The van der Waals surface area contributed by atoms with Crippen LogP contribution in [-0.4, -0.2) is 80.6 Å². The van der Waals surface area contributed by atoms with E-state index in [1.807, 2.05) is 66.7 Å². The van der Waals surface area contributed by atoms with Crippen LogP contribution in [0.25, 0.3) is 55.5 Å². The number of nitrogens with zero attached hydrogens (tertiary/aromatic N) is 12. The molecule has 10 rings (SSSR count). The number of nitrogens with one attached hydrogen (secondary N) is 3. The first-order valence-electron chi connectivity index (χ1n) is 18.2. The molecule has 0 unspecified atom stereocenters. The molecule has 0 atom stereocenters. The summed E-state index contributed by atoms with van der Waals surface area (Å²) in [6, 6.07) is 24.4. The third kappa shape index (κ3) is 7.69. The Morgan fingerprint density at radius 3 is 2.43 bits per heavy atom. The average Bonchev–Trinajstić information content (AvgIpc) is 4.15. The second-order valence-electron chi connectivity index (χ2n) is 12.9. The second kappa shape index (κ2) is 16.4. The first kappa shape index (κ1) is 37.5. The number of ether oxygens (including phenoxy) is 1. The highest BCUT2D eigenvalue weighted by molar-refractivity contribution is 6.19. The Morgan fingerprint density at radius 2 is 1.64 bits per heavy atom. The zero-order valence-electron chi connectivity index (χ0n) is 31.5. The number of hydrazone groups is 1. The highest BCUT2D eigenvalue weighted by Gasteiger charge is 2.20. The van der Waals surface area contributed by atoms with Gasteiger partial charge in [0.05, 0.1) is 41.5 Å². The Balaban J connectivity index is 0.000000163. The van der Waals surface area contributed by atoms with Gasteiger partial charge in [-0.3, -0.25) is 15.3 Å². The Bertz CT molecular complexity index is 3240. The molecule has 300 valence electrons. The van der Waals surface area contributed by atoms with E-state index in [0.717, 1.165) is 33.2 Å². The first-order valence-corrected chi connectivity index (χ1v) is 18.2. The molecule has 5 N–H and O–H groups in total. The minimum Gasteiger partial charge on any atom is -0.462 e. The fraction of sp³-hybridized carbons (Fsp3) is 0.0769. The van der Waals surface area contributed by atoms with Gasteiger partial charge in [0.1, 0.15) is 23.0 Å². The van der Waals surface area contributed by atoms with E-state index in [2.05, 4.69) is 81.3 Å². The zero-order valence-corrected chi connectivity index (χ0v) is 31.5. The van der Waals surface area contributed by atoms with Crippen molar-refractivity contribution >= 4 is 79.7 Å². The minimum absolute atomic E-state index is 0.152. The smallest absolute Gasteiger partial charge is 0.338 e. The monoisotopic (exact) mass is 816 g/mol. The molecule has 22 heteroatoms. The quantitative estimate of drug-likeness (QED) is 0.0504. The maximum absolute atomic E-state index is 12.1. The lowest BCUT2D eigenvalue weighted by molar-refractivity contribution is 0.0526. The fourth-order valence-corrected chi connectivity index (χ4v) is 6.15. The van der Waals surface area contributed by atoms with Crippen LogP contribution in [0.2, 0.25) is 0 Å². The van der Waals surface area contributed by atoms with Crippen molar-refractivity contribution in [2.75, 3.05) is 17.8 Å². The standard InChI is InChI=1S/C24H20N8O3.C15H8N8O3/c1-2-34-24(33)17-10-8-15(9-11-17)12-19-21(28-23-22(27-19)31-35-32-23)30-26-14-18-13-25-29-20(18)16-6-4-3-5-7-16;16-13-12(21-26-22-13)15(24)20-19-10-7-4-2-1-3-6(7)9-11(10)18-14-8(17-9)5-25-23-14/h3-11,13-14H,2,12H2,1H3,(H,25,29)(H,28,30,32);1-5H,(H2,16,22)(H,18,23)/b26-14+;. The van der Waals surface area contributed by atoms with Crippen molar-refractivity contribution in [2.45, 2.75) is 13.3 Å². The molecule has 22 nitrogen and oxygen atoms in total. The number of anilines is 2. The largest absolute Gasteiger partial charge is 0.462 e. The SMILES string of the molecule is CCOC(=O)c1ccc(Cc2nc3nonc3nc2N/N=C/c2cn[nH]c2-c2ccccc2)cc1.Nc1nonc1C(=O)N=Nc1c2ccccc2c2nc3co[nH]c3nc12. The molecule has 0 aliphatic heterocycles. The van der Waals surface area contributed by atoms with Gasteiger partial charge in [0.15, 0.2) is 11.5 Å². The van der Waals surface area contributed by atoms with Gasteiger partial charge in [0.25, 0.3) is 0 Å². The van der Waals surface area contributed by atoms with Crippen LogP contribution in [0.3, 0.4) is 0 Å². The molecule has 4 aromatic carbocycles. The van der Waals surface area contributed by atoms with Gasteiger partial charge in [-0.15, -0.1) is 10.2 Å². The number of rotatable bonds is 10. The number of nitrogen functional groups attached to an aromatic ring is 1. The summed E-state index contributed by atoms with van der Waals surface area (Å²) in [6.45, 7) is 2.09. The summed E-state index contributed by atoms with van der Waals surface area (Å²) in [6.07, 6.45) is 5.22. The number of benzene rings is 3. The number of azo groups is 1. The number of carbonyl (C=O) groups excluding carboxylic acids is 2. The molecule has 0 fully saturated rings. The summed E-state index contributed by atoms with van der Waals surface area (Å²) >= 11 is 0. The third-order valence-electron chi connectivity index (χ3n) is 9.00. The van der Waals surface area contributed by atoms with Crippen molar-refractivity contribution in [2.24, 2.45) is 15.3 Å². The van der Waals surface area contributed by atoms with E-state index in [0.29, 0.717) is 63.6 Å². The number of carbonyl (C=O) groups is 2. The average molecular weight is 817 g/mol. The van der Waals surface area contributed by atoms with E-state index in [4.69, 9.17) is 19.6 Å². The predicted molar refractivity (Wildman–Crippen MR) is 217 cm³/mol. The van der Waals surface area contributed by atoms with E-state index in [1.54, 1.807) is 31.5 Å². The number of fused-ring (bicyclic) bond motifs is 5. The molecule has 0 saturated heterocycles. The molecule has 0 spiro atoms. The van der Waals surface area contributed by atoms with E-state index in [9.17, 15) is 9.59 Å². The molecule has 1 amide bonds. The Labute approximate surface area is 340 Å². The maximum Gasteiger partial charge on any atom is 0.338 e. The van der Waals surface area contributed by atoms with Gasteiger partial charge in [-0.25, -0.2) is 39.1 Å². The normalized spacial score (nSPS) is 11.6. The Kier molecular flexibility index (Phi) is 10.1. The fourth-order valence-electron chi connectivity index (χ4n) is 6.15. The molecular weight excluding hydrogens is 789 g/mol. The zero-order chi connectivity index (χ0) is 41.7. The highest BCUT2D eigenvalue weighted by Crippen LogP contribution is 2.38. The number of nitrogens with two attached hydrogens (primary N) is 1. The maximum atomic E-state index is 12.1. The van der Waals surface area contributed by atoms with Crippen LogP contribution in [0, 0.1) is 0 Å². The number of esters is 1. The van der Waals surface area contributed by atoms with Gasteiger partial charge in [-0.1, -0.05) is 66.7 Å². The van der Waals surface area contributed by atoms with Gasteiger partial charge < -0.3 is 15.0 Å². The van der Waals surface area contributed by atoms with E-state index in [-0.39, 0.29) is 23.1 Å². The van der Waals surface area contributed by atoms with Crippen LogP contribution in [0.1, 0.15) is 44.6 Å². The lowest BCUT2D eigenvalue weighted by Crippen LogP contribution is -2.06. The number of aromatic nitrogens is 11. The van der Waals surface area contributed by atoms with Crippen molar-refractivity contribution in [3.63, 3.8) is 0 Å². The third-order valence-corrected chi connectivity index (χ3v) is 9.00. The molecule has 0 aliphatic carbocycles. The van der Waals surface area contributed by atoms with Crippen molar-refractivity contribution in [1.29, 1.82) is 0 Å². The van der Waals surface area contributed by atoms with Crippen molar-refractivity contribution in [1.82, 2.24) is 55.9 Å². The number of aromatic amines is 2. The first-order chi connectivity index (χ1) is 29.9. The van der Waals surface area contributed by atoms with Crippen LogP contribution < -0.4 is 11.2 Å². The molecule has 6 heterocycles. The van der Waals surface area contributed by atoms with E-state index >= 15 is 0 Å². The molecule has 10 aromatic rings. The van der Waals surface area contributed by atoms with Gasteiger partial charge >= 0.3 is 11.9 Å². The molecule has 61 heavy (non-hydrogen) atoms. The topological polar surface area (TPSA) is 306 Å². The summed E-state index contributed by atoms with van der Waals surface area (Å²) in [4.78, 5) is 42.0. The van der Waals surface area contributed by atoms with E-state index in [1.165, 1.54) is 6.26 Å². The van der Waals surface area contributed by atoms with Crippen molar-refractivity contribution in [3.05, 3.63) is 119 Å². The number of H-pyrrole nitrogens is 2. The second-order valence-corrected chi connectivity index (χ2v) is 12.9.